The Morgan fingerprint density at radius 2 is 1.67 bits per heavy atom. The van der Waals surface area contributed by atoms with Gasteiger partial charge in [0.2, 0.25) is 11.8 Å². The fourth-order valence-electron chi connectivity index (χ4n) is 5.62. The number of hydrogen-bond acceptors (Lipinski definition) is 5. The molecule has 250 valence electrons. The Balaban J connectivity index is 1.96. The zero-order valence-corrected chi connectivity index (χ0v) is 27.6. The molecule has 3 amide bonds. The second kappa shape index (κ2) is 14.8. The second-order valence-corrected chi connectivity index (χ2v) is 13.4. The molecule has 3 N–H and O–H groups in total. The molecule has 2 unspecified atom stereocenters. The predicted octanol–water partition coefficient (Wildman–Crippen LogP) is 5.46. The first-order chi connectivity index (χ1) is 21.4. The van der Waals surface area contributed by atoms with E-state index in [1.165, 1.54) is 11.8 Å². The van der Waals surface area contributed by atoms with Crippen molar-refractivity contribution in [1.82, 2.24) is 24.7 Å². The Hall–Kier alpha value is -4.32. The van der Waals surface area contributed by atoms with Crippen molar-refractivity contribution in [3.8, 4) is 11.3 Å². The predicted molar refractivity (Wildman–Crippen MR) is 171 cm³/mol. The molecular weight excluding hydrogens is 596 g/mol. The van der Waals surface area contributed by atoms with E-state index >= 15 is 0 Å². The zero-order chi connectivity index (χ0) is 34.4. The number of aromatic nitrogens is 2. The molecule has 0 aliphatic carbocycles. The van der Waals surface area contributed by atoms with Crippen LogP contribution in [0.5, 0.6) is 0 Å². The SMILES string of the molecule is CC(C(=O)NCCCN(C(=O)CO)C(c1nc(-c2cc(F)ccc2F)cn1Cc1ccccc1)C(C)(C)C)N(C(=O)O)C(C)(C)C. The van der Waals surface area contributed by atoms with E-state index in [1.54, 1.807) is 31.5 Å². The summed E-state index contributed by atoms with van der Waals surface area (Å²) < 4.78 is 30.9. The molecule has 0 fully saturated rings. The second-order valence-electron chi connectivity index (χ2n) is 13.4. The number of amides is 3. The Bertz CT molecular complexity index is 1510. The maximum atomic E-state index is 14.9. The first-order valence-corrected chi connectivity index (χ1v) is 15.2. The van der Waals surface area contributed by atoms with Crippen LogP contribution in [0.4, 0.5) is 13.6 Å². The van der Waals surface area contributed by atoms with Crippen molar-refractivity contribution in [1.29, 1.82) is 0 Å². The van der Waals surface area contributed by atoms with Crippen LogP contribution in [0.3, 0.4) is 0 Å². The van der Waals surface area contributed by atoms with Gasteiger partial charge in [-0.15, -0.1) is 0 Å². The van der Waals surface area contributed by atoms with Crippen molar-refractivity contribution < 1.29 is 33.4 Å². The Morgan fingerprint density at radius 3 is 2.24 bits per heavy atom. The largest absolute Gasteiger partial charge is 0.465 e. The molecule has 46 heavy (non-hydrogen) atoms. The number of aliphatic hydroxyl groups is 1. The summed E-state index contributed by atoms with van der Waals surface area (Å²) in [6.07, 6.45) is 0.696. The third kappa shape index (κ3) is 8.90. The first-order valence-electron chi connectivity index (χ1n) is 15.2. The van der Waals surface area contributed by atoms with Crippen LogP contribution in [0, 0.1) is 17.0 Å². The third-order valence-electron chi connectivity index (χ3n) is 7.61. The number of carbonyl (C=O) groups is 3. The minimum atomic E-state index is -1.22. The number of nitrogens with one attached hydrogen (secondary N) is 1. The van der Waals surface area contributed by atoms with Crippen molar-refractivity contribution in [3.63, 3.8) is 0 Å². The highest BCUT2D eigenvalue weighted by Crippen LogP contribution is 2.39. The molecule has 3 rings (SSSR count). The van der Waals surface area contributed by atoms with E-state index in [4.69, 9.17) is 4.98 Å². The van der Waals surface area contributed by atoms with Gasteiger partial charge in [-0.1, -0.05) is 51.1 Å². The molecule has 0 saturated heterocycles. The number of aliphatic hydroxyl groups excluding tert-OH is 1. The van der Waals surface area contributed by atoms with Crippen LogP contribution in [0.2, 0.25) is 0 Å². The van der Waals surface area contributed by atoms with Crippen LogP contribution in [0.25, 0.3) is 11.3 Å². The van der Waals surface area contributed by atoms with Crippen LogP contribution >= 0.6 is 0 Å². The minimum Gasteiger partial charge on any atom is -0.465 e. The number of rotatable bonds is 12. The summed E-state index contributed by atoms with van der Waals surface area (Å²) in [5.41, 5.74) is -0.362. The molecule has 2 aromatic carbocycles. The maximum Gasteiger partial charge on any atom is 0.408 e. The summed E-state index contributed by atoms with van der Waals surface area (Å²) in [5.74, 6) is -1.91. The van der Waals surface area contributed by atoms with Crippen LogP contribution in [0.1, 0.15) is 72.3 Å². The molecule has 0 saturated carbocycles. The van der Waals surface area contributed by atoms with Gasteiger partial charge in [-0.25, -0.2) is 18.6 Å². The van der Waals surface area contributed by atoms with E-state index in [9.17, 15) is 33.4 Å². The fourth-order valence-corrected chi connectivity index (χ4v) is 5.62. The molecule has 0 aliphatic heterocycles. The summed E-state index contributed by atoms with van der Waals surface area (Å²) in [4.78, 5) is 45.3. The van der Waals surface area contributed by atoms with Crippen LogP contribution < -0.4 is 5.32 Å². The van der Waals surface area contributed by atoms with E-state index in [0.29, 0.717) is 12.4 Å². The lowest BCUT2D eigenvalue weighted by Gasteiger charge is -2.40. The van der Waals surface area contributed by atoms with Crippen molar-refractivity contribution >= 4 is 17.9 Å². The van der Waals surface area contributed by atoms with Crippen molar-refractivity contribution in [3.05, 3.63) is 77.8 Å². The number of halogens is 2. The van der Waals surface area contributed by atoms with Crippen molar-refractivity contribution in [2.24, 2.45) is 5.41 Å². The normalized spacial score (nSPS) is 13.2. The molecular formula is C34H45F2N5O5. The molecule has 10 nitrogen and oxygen atoms in total. The lowest BCUT2D eigenvalue weighted by Crippen LogP contribution is -2.55. The van der Waals surface area contributed by atoms with Gasteiger partial charge in [0.05, 0.1) is 11.7 Å². The topological polar surface area (TPSA) is 128 Å². The van der Waals surface area contributed by atoms with Gasteiger partial charge >= 0.3 is 6.09 Å². The first kappa shape index (κ1) is 36.2. The van der Waals surface area contributed by atoms with Gasteiger partial charge in [0.15, 0.2) is 0 Å². The number of benzene rings is 2. The number of nitrogens with zero attached hydrogens (tertiary/aromatic N) is 4. The van der Waals surface area contributed by atoms with E-state index in [0.717, 1.165) is 28.7 Å². The average molecular weight is 642 g/mol. The van der Waals surface area contributed by atoms with Gasteiger partial charge in [0, 0.05) is 36.9 Å². The van der Waals surface area contributed by atoms with Gasteiger partial charge in [-0.05, 0) is 63.3 Å². The van der Waals surface area contributed by atoms with Gasteiger partial charge in [0.25, 0.3) is 0 Å². The number of hydrogen-bond donors (Lipinski definition) is 3. The van der Waals surface area contributed by atoms with Crippen molar-refractivity contribution in [2.45, 2.75) is 79.1 Å². The molecule has 0 spiro atoms. The number of imidazole rings is 1. The van der Waals surface area contributed by atoms with E-state index in [-0.39, 0.29) is 30.8 Å². The molecule has 3 aromatic rings. The summed E-state index contributed by atoms with van der Waals surface area (Å²) in [5, 5.41) is 22.4. The third-order valence-corrected chi connectivity index (χ3v) is 7.61. The number of carboxylic acid groups (broad SMARTS) is 1. The molecule has 2 atom stereocenters. The Labute approximate surface area is 269 Å². The smallest absolute Gasteiger partial charge is 0.408 e. The minimum absolute atomic E-state index is 0.0248. The van der Waals surface area contributed by atoms with Crippen LogP contribution in [-0.4, -0.2) is 78.7 Å². The molecule has 0 radical (unpaired) electrons. The van der Waals surface area contributed by atoms with Crippen molar-refractivity contribution in [2.75, 3.05) is 19.7 Å². The Morgan fingerprint density at radius 1 is 1.02 bits per heavy atom. The molecule has 12 heteroatoms. The van der Waals surface area contributed by atoms with E-state index in [1.807, 2.05) is 51.1 Å². The lowest BCUT2D eigenvalue weighted by molar-refractivity contribution is -0.139. The Kier molecular flexibility index (Phi) is 11.7. The molecule has 1 heterocycles. The monoisotopic (exact) mass is 641 g/mol. The highest BCUT2D eigenvalue weighted by Gasteiger charge is 2.38. The summed E-state index contributed by atoms with van der Waals surface area (Å²) in [6.45, 7) is 12.1. The van der Waals surface area contributed by atoms with Gasteiger partial charge in [-0.3, -0.25) is 14.5 Å². The lowest BCUT2D eigenvalue weighted by atomic mass is 9.84. The van der Waals surface area contributed by atoms with Gasteiger partial charge in [-0.2, -0.15) is 0 Å². The van der Waals surface area contributed by atoms with Gasteiger partial charge < -0.3 is 25.0 Å². The highest BCUT2D eigenvalue weighted by atomic mass is 19.1. The van der Waals surface area contributed by atoms with E-state index in [2.05, 4.69) is 5.32 Å². The van der Waals surface area contributed by atoms with E-state index < -0.39 is 59.2 Å². The maximum absolute atomic E-state index is 14.9. The number of carbonyl (C=O) groups excluding carboxylic acids is 2. The van der Waals surface area contributed by atoms with Crippen LogP contribution in [-0.2, 0) is 16.1 Å². The van der Waals surface area contributed by atoms with Gasteiger partial charge in [0.1, 0.15) is 30.1 Å². The highest BCUT2D eigenvalue weighted by molar-refractivity contribution is 5.85. The summed E-state index contributed by atoms with van der Waals surface area (Å²) in [7, 11) is 0. The molecule has 1 aromatic heterocycles. The molecule has 0 aliphatic rings. The summed E-state index contributed by atoms with van der Waals surface area (Å²) >= 11 is 0. The zero-order valence-electron chi connectivity index (χ0n) is 27.6. The summed E-state index contributed by atoms with van der Waals surface area (Å²) in [6, 6.07) is 11.0. The average Bonchev–Trinajstić information content (AvgIpc) is 3.36. The quantitative estimate of drug-likeness (QED) is 0.226. The standard InChI is InChI=1S/C34H45F2N5O5/c1-22(41(32(45)46)34(5,6)7)31(44)37-16-11-17-40(28(43)21-42)29(33(2,3)4)30-38-27(25-18-24(35)14-15-26(25)36)20-39(30)19-23-12-9-8-10-13-23/h8-10,12-15,18,20,22,29,42H,11,16-17,19,21H2,1-7H3,(H,37,44)(H,45,46). The molecule has 0 bridgehead atoms. The van der Waals surface area contributed by atoms with Crippen LogP contribution in [0.15, 0.2) is 54.7 Å². The fraction of sp³-hybridized carbons (Fsp3) is 0.471.